The Morgan fingerprint density at radius 3 is 2.19 bits per heavy atom. The van der Waals surface area contributed by atoms with E-state index in [4.69, 9.17) is 15.2 Å². The van der Waals surface area contributed by atoms with Gasteiger partial charge < -0.3 is 20.5 Å². The molecule has 0 bridgehead atoms. The first-order valence-corrected chi connectivity index (χ1v) is 16.0. The van der Waals surface area contributed by atoms with E-state index in [2.05, 4.69) is 58.7 Å². The van der Waals surface area contributed by atoms with Gasteiger partial charge in [-0.1, -0.05) is 72.8 Å². The SMILES string of the molecule is CC1=C(C(=O)OCCN)C(c2cccc([N+](=O)[O-])c2)C(C(=O)O[C@]2(C)CCN(CCC(c3ccccc3)c3ccccc3)C2)=C(C)N1. The monoisotopic (exact) mass is 638 g/mol. The van der Waals surface area contributed by atoms with E-state index < -0.39 is 28.4 Å². The van der Waals surface area contributed by atoms with Crippen molar-refractivity contribution in [2.24, 2.45) is 5.73 Å². The molecule has 2 atom stereocenters. The maximum Gasteiger partial charge on any atom is 0.337 e. The molecule has 0 radical (unpaired) electrons. The Hall–Kier alpha value is -4.80. The van der Waals surface area contributed by atoms with Crippen molar-refractivity contribution in [3.8, 4) is 0 Å². The summed E-state index contributed by atoms with van der Waals surface area (Å²) in [6.45, 7) is 7.64. The molecule has 1 unspecified atom stereocenters. The van der Waals surface area contributed by atoms with Crippen LogP contribution in [0.5, 0.6) is 0 Å². The number of nitrogens with two attached hydrogens (primary N) is 1. The molecule has 3 aromatic rings. The average molecular weight is 639 g/mol. The highest BCUT2D eigenvalue weighted by atomic mass is 16.6. The predicted molar refractivity (Wildman–Crippen MR) is 179 cm³/mol. The van der Waals surface area contributed by atoms with Gasteiger partial charge in [0, 0.05) is 55.5 Å². The number of nitrogens with one attached hydrogen (secondary N) is 1. The third-order valence-electron chi connectivity index (χ3n) is 8.96. The van der Waals surface area contributed by atoms with Crippen molar-refractivity contribution in [2.45, 2.75) is 51.0 Å². The normalized spacial score (nSPS) is 19.9. The zero-order chi connectivity index (χ0) is 33.6. The second-order valence-electron chi connectivity index (χ2n) is 12.4. The van der Waals surface area contributed by atoms with E-state index in [1.54, 1.807) is 26.0 Å². The molecule has 1 saturated heterocycles. The molecule has 2 aliphatic heterocycles. The van der Waals surface area contributed by atoms with Crippen LogP contribution in [0, 0.1) is 10.1 Å². The van der Waals surface area contributed by atoms with Crippen molar-refractivity contribution < 1.29 is 24.0 Å². The minimum atomic E-state index is -0.937. The predicted octanol–water partition coefficient (Wildman–Crippen LogP) is 5.56. The van der Waals surface area contributed by atoms with Crippen LogP contribution in [0.4, 0.5) is 5.69 Å². The number of carbonyl (C=O) groups excluding carboxylic acids is 2. The summed E-state index contributed by atoms with van der Waals surface area (Å²) >= 11 is 0. The van der Waals surface area contributed by atoms with E-state index in [1.807, 2.05) is 19.1 Å². The molecule has 3 aromatic carbocycles. The minimum absolute atomic E-state index is 0.0109. The first-order valence-electron chi connectivity index (χ1n) is 16.0. The Morgan fingerprint density at radius 1 is 0.979 bits per heavy atom. The van der Waals surface area contributed by atoms with Gasteiger partial charge in [0.1, 0.15) is 12.2 Å². The van der Waals surface area contributed by atoms with Gasteiger partial charge in [-0.3, -0.25) is 15.0 Å². The lowest BCUT2D eigenvalue weighted by Gasteiger charge is -2.33. The van der Waals surface area contributed by atoms with Gasteiger partial charge in [0.25, 0.3) is 5.69 Å². The maximum absolute atomic E-state index is 14.1. The van der Waals surface area contributed by atoms with Crippen molar-refractivity contribution in [1.29, 1.82) is 0 Å². The van der Waals surface area contributed by atoms with E-state index in [0.29, 0.717) is 29.9 Å². The number of ether oxygens (including phenoxy) is 2. The average Bonchev–Trinajstić information content (AvgIpc) is 3.44. The molecule has 0 aliphatic carbocycles. The summed E-state index contributed by atoms with van der Waals surface area (Å²) in [6, 6.07) is 26.9. The number of dihydropyridines is 1. The zero-order valence-electron chi connectivity index (χ0n) is 27.1. The standard InChI is InChI=1S/C37H42N4O6/c1-25-32(35(42)46-22-19-38)34(29-15-10-16-30(23-29)41(44)45)33(26(2)39-25)36(43)47-37(3)18-21-40(24-37)20-17-31(27-11-6-4-7-12-27)28-13-8-5-9-14-28/h4-16,23,31,34,39H,17-22,24,38H2,1-3H3/t34?,37-/m1/s1. The molecule has 0 amide bonds. The third-order valence-corrected chi connectivity index (χ3v) is 8.96. The number of nitro groups is 1. The second kappa shape index (κ2) is 14.7. The lowest BCUT2D eigenvalue weighted by atomic mass is 9.80. The molecule has 10 nitrogen and oxygen atoms in total. The number of allylic oxidation sites excluding steroid dienone is 2. The third kappa shape index (κ3) is 7.78. The lowest BCUT2D eigenvalue weighted by molar-refractivity contribution is -0.384. The number of nitro benzene ring substituents is 1. The fourth-order valence-corrected chi connectivity index (χ4v) is 6.70. The number of benzene rings is 3. The first kappa shape index (κ1) is 33.6. The maximum atomic E-state index is 14.1. The molecule has 5 rings (SSSR count). The van der Waals surface area contributed by atoms with Gasteiger partial charge >= 0.3 is 11.9 Å². The number of esters is 2. The van der Waals surface area contributed by atoms with Crippen molar-refractivity contribution in [1.82, 2.24) is 10.2 Å². The molecule has 0 aromatic heterocycles. The van der Waals surface area contributed by atoms with Gasteiger partial charge in [-0.15, -0.1) is 0 Å². The fourth-order valence-electron chi connectivity index (χ4n) is 6.70. The van der Waals surface area contributed by atoms with Crippen LogP contribution < -0.4 is 11.1 Å². The highest BCUT2D eigenvalue weighted by Crippen LogP contribution is 2.41. The molecule has 2 heterocycles. The van der Waals surface area contributed by atoms with Gasteiger partial charge in [-0.2, -0.15) is 0 Å². The second-order valence-corrected chi connectivity index (χ2v) is 12.4. The van der Waals surface area contributed by atoms with Crippen LogP contribution in [0.2, 0.25) is 0 Å². The number of nitrogens with zero attached hydrogens (tertiary/aromatic N) is 2. The van der Waals surface area contributed by atoms with Crippen LogP contribution in [-0.2, 0) is 19.1 Å². The number of hydrogen-bond donors (Lipinski definition) is 2. The summed E-state index contributed by atoms with van der Waals surface area (Å²) in [5, 5.41) is 14.8. The Labute approximate surface area is 275 Å². The zero-order valence-corrected chi connectivity index (χ0v) is 27.1. The quantitative estimate of drug-likeness (QED) is 0.148. The van der Waals surface area contributed by atoms with Gasteiger partial charge in [-0.05, 0) is 50.4 Å². The van der Waals surface area contributed by atoms with Crippen molar-refractivity contribution in [3.05, 3.63) is 134 Å². The molecule has 2 aliphatic rings. The molecular weight excluding hydrogens is 596 g/mol. The highest BCUT2D eigenvalue weighted by molar-refractivity contribution is 6.00. The Balaban J connectivity index is 1.36. The number of non-ortho nitro benzene ring substituents is 1. The van der Waals surface area contributed by atoms with Gasteiger partial charge in [0.2, 0.25) is 0 Å². The van der Waals surface area contributed by atoms with E-state index in [1.165, 1.54) is 23.3 Å². The largest absolute Gasteiger partial charge is 0.461 e. The molecule has 1 fully saturated rings. The summed E-state index contributed by atoms with van der Waals surface area (Å²) in [5.41, 5.74) is 8.98. The van der Waals surface area contributed by atoms with Crippen LogP contribution in [0.25, 0.3) is 0 Å². The number of likely N-dealkylation sites (tertiary alicyclic amines) is 1. The molecular formula is C37H42N4O6. The molecule has 47 heavy (non-hydrogen) atoms. The van der Waals surface area contributed by atoms with Gasteiger partial charge in [0.15, 0.2) is 0 Å². The fraction of sp³-hybridized carbons (Fsp3) is 0.351. The van der Waals surface area contributed by atoms with E-state index in [-0.39, 0.29) is 35.9 Å². The van der Waals surface area contributed by atoms with E-state index in [9.17, 15) is 19.7 Å². The van der Waals surface area contributed by atoms with E-state index >= 15 is 0 Å². The van der Waals surface area contributed by atoms with Crippen molar-refractivity contribution in [3.63, 3.8) is 0 Å². The minimum Gasteiger partial charge on any atom is -0.461 e. The smallest absolute Gasteiger partial charge is 0.337 e. The van der Waals surface area contributed by atoms with Crippen molar-refractivity contribution in [2.75, 3.05) is 32.8 Å². The van der Waals surface area contributed by atoms with Crippen LogP contribution in [0.3, 0.4) is 0 Å². The molecule has 3 N–H and O–H groups in total. The summed E-state index contributed by atoms with van der Waals surface area (Å²) in [7, 11) is 0. The van der Waals surface area contributed by atoms with Gasteiger partial charge in [-0.25, -0.2) is 9.59 Å². The summed E-state index contributed by atoms with van der Waals surface area (Å²) in [6.07, 6.45) is 1.54. The lowest BCUT2D eigenvalue weighted by Crippen LogP contribution is -2.39. The number of carbonyl (C=O) groups is 2. The topological polar surface area (TPSA) is 137 Å². The van der Waals surface area contributed by atoms with Gasteiger partial charge in [0.05, 0.1) is 22.0 Å². The van der Waals surface area contributed by atoms with Crippen LogP contribution in [-0.4, -0.2) is 60.1 Å². The summed E-state index contributed by atoms with van der Waals surface area (Å²) < 4.78 is 11.7. The van der Waals surface area contributed by atoms with E-state index in [0.717, 1.165) is 19.5 Å². The Morgan fingerprint density at radius 2 is 1.60 bits per heavy atom. The molecule has 10 heteroatoms. The summed E-state index contributed by atoms with van der Waals surface area (Å²) in [5.74, 6) is -1.94. The van der Waals surface area contributed by atoms with Crippen molar-refractivity contribution >= 4 is 17.6 Å². The Kier molecular flexibility index (Phi) is 10.5. The van der Waals surface area contributed by atoms with Crippen LogP contribution in [0.1, 0.15) is 62.1 Å². The molecule has 0 saturated carbocycles. The number of hydrogen-bond acceptors (Lipinski definition) is 9. The summed E-state index contributed by atoms with van der Waals surface area (Å²) in [4.78, 5) is 41.0. The Bertz CT molecular complexity index is 1630. The molecule has 0 spiro atoms. The molecule has 246 valence electrons. The first-order chi connectivity index (χ1) is 22.6. The number of rotatable bonds is 12. The van der Waals surface area contributed by atoms with Crippen LogP contribution in [0.15, 0.2) is 107 Å². The highest BCUT2D eigenvalue weighted by Gasteiger charge is 2.43. The van der Waals surface area contributed by atoms with Crippen LogP contribution >= 0.6 is 0 Å².